The molecule has 0 saturated heterocycles. The lowest BCUT2D eigenvalue weighted by Crippen LogP contribution is -2.16. The normalized spacial score (nSPS) is 22.8. The van der Waals surface area contributed by atoms with Crippen molar-refractivity contribution in [2.24, 2.45) is 0 Å². The van der Waals surface area contributed by atoms with Crippen molar-refractivity contribution < 1.29 is 4.74 Å². The monoisotopic (exact) mass is 402 g/mol. The summed E-state index contributed by atoms with van der Waals surface area (Å²) in [7, 11) is 7.11. The molecule has 128 valence electrons. The summed E-state index contributed by atoms with van der Waals surface area (Å²) < 4.78 is 6.51. The molecule has 2 unspecified atom stereocenters. The highest BCUT2D eigenvalue weighted by Crippen LogP contribution is 2.51. The maximum absolute atomic E-state index is 6.51. The molecule has 25 heavy (non-hydrogen) atoms. The van der Waals surface area contributed by atoms with Crippen molar-refractivity contribution in [3.8, 4) is 0 Å². The van der Waals surface area contributed by atoms with Crippen LogP contribution in [0.25, 0.3) is 11.1 Å². The second kappa shape index (κ2) is 7.89. The summed E-state index contributed by atoms with van der Waals surface area (Å²) in [4.78, 5) is 0. The van der Waals surface area contributed by atoms with Crippen LogP contribution >= 0.6 is 43.2 Å². The molecule has 2 aromatic rings. The van der Waals surface area contributed by atoms with Gasteiger partial charge in [0.25, 0.3) is 0 Å². The van der Waals surface area contributed by atoms with Crippen molar-refractivity contribution in [2.45, 2.75) is 24.7 Å². The number of ether oxygens (including phenoxy) is 1. The standard InChI is InChI=1S/C20H18OS4/c1-13-3-7-15(8-4-13)17-11-22-24-19(17)21-20-18(12-23-25-20)16-9-5-14(2)6-10-16/h3-12,19-20H,1-2H3. The van der Waals surface area contributed by atoms with Crippen LogP contribution in [0.3, 0.4) is 0 Å². The van der Waals surface area contributed by atoms with Crippen LogP contribution in [0, 0.1) is 13.8 Å². The highest BCUT2D eigenvalue weighted by atomic mass is 33.1. The third kappa shape index (κ3) is 4.01. The molecular weight excluding hydrogens is 384 g/mol. The first-order valence-corrected chi connectivity index (χ1v) is 12.6. The van der Waals surface area contributed by atoms with Gasteiger partial charge in [0.05, 0.1) is 0 Å². The SMILES string of the molecule is Cc1ccc(C2=CSSC2OC2SSC=C2c2ccc(C)cc2)cc1. The molecule has 5 heteroatoms. The Kier molecular flexibility index (Phi) is 5.58. The van der Waals surface area contributed by atoms with Crippen molar-refractivity contribution >= 4 is 54.3 Å². The van der Waals surface area contributed by atoms with E-state index < -0.39 is 0 Å². The highest BCUT2D eigenvalue weighted by molar-refractivity contribution is 8.79. The molecule has 0 aromatic heterocycles. The van der Waals surface area contributed by atoms with Crippen molar-refractivity contribution in [3.05, 3.63) is 81.6 Å². The molecule has 2 aromatic carbocycles. The van der Waals surface area contributed by atoms with E-state index in [4.69, 9.17) is 4.74 Å². The van der Waals surface area contributed by atoms with Gasteiger partial charge in [-0.25, -0.2) is 0 Å². The fourth-order valence-electron chi connectivity index (χ4n) is 2.68. The first-order valence-electron chi connectivity index (χ1n) is 8.04. The molecule has 4 rings (SSSR count). The summed E-state index contributed by atoms with van der Waals surface area (Å²) in [6, 6.07) is 17.4. The Bertz CT molecular complexity index is 739. The lowest BCUT2D eigenvalue weighted by Gasteiger charge is -2.21. The predicted octanol–water partition coefficient (Wildman–Crippen LogP) is 7.14. The molecule has 2 atom stereocenters. The Morgan fingerprint density at radius 3 is 1.44 bits per heavy atom. The number of rotatable bonds is 4. The first-order chi connectivity index (χ1) is 12.2. The molecule has 0 bridgehead atoms. The van der Waals surface area contributed by atoms with Crippen molar-refractivity contribution in [1.29, 1.82) is 0 Å². The van der Waals surface area contributed by atoms with Crippen LogP contribution in [0.4, 0.5) is 0 Å². The molecule has 0 saturated carbocycles. The van der Waals surface area contributed by atoms with Gasteiger partial charge in [-0.05, 0) is 35.8 Å². The minimum absolute atomic E-state index is 0.0674. The Labute approximate surface area is 164 Å². The van der Waals surface area contributed by atoms with Gasteiger partial charge in [-0.1, -0.05) is 103 Å². The third-order valence-corrected chi connectivity index (χ3v) is 8.46. The molecule has 0 amide bonds. The Balaban J connectivity index is 1.51. The summed E-state index contributed by atoms with van der Waals surface area (Å²) >= 11 is 0. The van der Waals surface area contributed by atoms with E-state index in [-0.39, 0.29) is 10.9 Å². The molecular formula is C20H18OS4. The van der Waals surface area contributed by atoms with Crippen LogP contribution in [0.2, 0.25) is 0 Å². The van der Waals surface area contributed by atoms with E-state index in [9.17, 15) is 0 Å². The highest BCUT2D eigenvalue weighted by Gasteiger charge is 2.31. The molecule has 0 N–H and O–H groups in total. The smallest absolute Gasteiger partial charge is 0.141 e. The van der Waals surface area contributed by atoms with E-state index in [0.29, 0.717) is 0 Å². The van der Waals surface area contributed by atoms with E-state index in [1.165, 1.54) is 33.4 Å². The lowest BCUT2D eigenvalue weighted by atomic mass is 10.1. The molecule has 2 aliphatic heterocycles. The third-order valence-electron chi connectivity index (χ3n) is 4.16. The molecule has 0 spiro atoms. The number of aryl methyl sites for hydroxylation is 2. The summed E-state index contributed by atoms with van der Waals surface area (Å²) in [6.07, 6.45) is 0. The number of hydrogen-bond donors (Lipinski definition) is 0. The zero-order chi connectivity index (χ0) is 17.2. The average Bonchev–Trinajstić information content (AvgIpc) is 3.26. The van der Waals surface area contributed by atoms with E-state index in [0.717, 1.165) is 0 Å². The minimum atomic E-state index is 0.0674. The van der Waals surface area contributed by atoms with Gasteiger partial charge in [0.1, 0.15) is 10.9 Å². The fourth-order valence-corrected chi connectivity index (χ4v) is 7.35. The first kappa shape index (κ1) is 17.7. The van der Waals surface area contributed by atoms with Crippen molar-refractivity contribution in [1.82, 2.24) is 0 Å². The summed E-state index contributed by atoms with van der Waals surface area (Å²) in [6.45, 7) is 4.24. The van der Waals surface area contributed by atoms with Crippen LogP contribution in [0.15, 0.2) is 59.3 Å². The van der Waals surface area contributed by atoms with Gasteiger partial charge < -0.3 is 4.74 Å². The second-order valence-corrected chi connectivity index (χ2v) is 10.5. The fraction of sp³-hybridized carbons (Fsp3) is 0.200. The van der Waals surface area contributed by atoms with Crippen LogP contribution in [0.5, 0.6) is 0 Å². The maximum Gasteiger partial charge on any atom is 0.141 e. The molecule has 1 nitrogen and oxygen atoms in total. The molecule has 2 aliphatic rings. The van der Waals surface area contributed by atoms with Gasteiger partial charge in [-0.2, -0.15) is 0 Å². The lowest BCUT2D eigenvalue weighted by molar-refractivity contribution is 0.160. The minimum Gasteiger partial charge on any atom is -0.342 e. The zero-order valence-corrected chi connectivity index (χ0v) is 17.2. The topological polar surface area (TPSA) is 9.23 Å². The number of benzene rings is 2. The van der Waals surface area contributed by atoms with Gasteiger partial charge >= 0.3 is 0 Å². The molecule has 0 radical (unpaired) electrons. The zero-order valence-electron chi connectivity index (χ0n) is 14.0. The molecule has 0 fully saturated rings. The van der Waals surface area contributed by atoms with E-state index in [2.05, 4.69) is 73.2 Å². The Morgan fingerprint density at radius 1 is 0.640 bits per heavy atom. The van der Waals surface area contributed by atoms with Crippen LogP contribution in [-0.4, -0.2) is 10.9 Å². The van der Waals surface area contributed by atoms with Gasteiger partial charge in [-0.15, -0.1) is 0 Å². The summed E-state index contributed by atoms with van der Waals surface area (Å²) in [5.74, 6) is 0. The van der Waals surface area contributed by atoms with Gasteiger partial charge in [0.15, 0.2) is 0 Å². The van der Waals surface area contributed by atoms with Gasteiger partial charge in [-0.3, -0.25) is 0 Å². The summed E-state index contributed by atoms with van der Waals surface area (Å²) in [5.41, 5.74) is 7.76. The Hall–Kier alpha value is -0.720. The predicted molar refractivity (Wildman–Crippen MR) is 117 cm³/mol. The van der Waals surface area contributed by atoms with E-state index >= 15 is 0 Å². The van der Waals surface area contributed by atoms with Gasteiger partial charge in [0.2, 0.25) is 0 Å². The Morgan fingerprint density at radius 2 is 1.04 bits per heavy atom. The molecule has 0 aliphatic carbocycles. The largest absolute Gasteiger partial charge is 0.342 e. The van der Waals surface area contributed by atoms with E-state index in [1.807, 2.05) is 0 Å². The van der Waals surface area contributed by atoms with Crippen LogP contribution in [0.1, 0.15) is 22.3 Å². The maximum atomic E-state index is 6.51. The van der Waals surface area contributed by atoms with Gasteiger partial charge in [0, 0.05) is 11.1 Å². The quantitative estimate of drug-likeness (QED) is 0.501. The molecule has 2 heterocycles. The van der Waals surface area contributed by atoms with E-state index in [1.54, 1.807) is 43.2 Å². The van der Waals surface area contributed by atoms with Crippen molar-refractivity contribution in [2.75, 3.05) is 0 Å². The average molecular weight is 403 g/mol. The van der Waals surface area contributed by atoms with Crippen molar-refractivity contribution in [3.63, 3.8) is 0 Å². The van der Waals surface area contributed by atoms with Crippen LogP contribution < -0.4 is 0 Å². The van der Waals surface area contributed by atoms with Crippen LogP contribution in [-0.2, 0) is 4.74 Å². The number of hydrogen-bond acceptors (Lipinski definition) is 5. The second-order valence-electron chi connectivity index (χ2n) is 6.06. The summed E-state index contributed by atoms with van der Waals surface area (Å²) in [5, 5.41) is 4.45.